The van der Waals surface area contributed by atoms with Crippen LogP contribution in [0.4, 0.5) is 5.95 Å². The van der Waals surface area contributed by atoms with Gasteiger partial charge in [-0.1, -0.05) is 32.0 Å². The van der Waals surface area contributed by atoms with Crippen molar-refractivity contribution in [1.29, 1.82) is 0 Å². The molecule has 0 saturated carbocycles. The molecule has 1 aliphatic heterocycles. The highest BCUT2D eigenvalue weighted by atomic mass is 15.1. The predicted octanol–water partition coefficient (Wildman–Crippen LogP) is 2.82. The van der Waals surface area contributed by atoms with E-state index < -0.39 is 0 Å². The fraction of sp³-hybridized carbons (Fsp3) is 0.412. The molecule has 0 bridgehead atoms. The summed E-state index contributed by atoms with van der Waals surface area (Å²) in [5.74, 6) is 0.741. The lowest BCUT2D eigenvalue weighted by atomic mass is 10.1. The Morgan fingerprint density at radius 2 is 1.71 bits per heavy atom. The van der Waals surface area contributed by atoms with Crippen LogP contribution in [-0.4, -0.2) is 9.97 Å². The van der Waals surface area contributed by atoms with E-state index in [0.29, 0.717) is 0 Å². The molecule has 0 radical (unpaired) electrons. The number of nitrogens with one attached hydrogen (secondary N) is 2. The molecular weight excluding hydrogens is 260 g/mol. The number of hydrogen-bond donors (Lipinski definition) is 2. The Kier molecular flexibility index (Phi) is 4.15. The SMILES string of the molecule is CCc1cc(CC)nc(NCc2ccc3c(c2)CNC3)n1. The molecule has 21 heavy (non-hydrogen) atoms. The Balaban J connectivity index is 1.72. The molecule has 2 aromatic rings. The minimum atomic E-state index is 0.741. The summed E-state index contributed by atoms with van der Waals surface area (Å²) < 4.78 is 0. The molecule has 1 aromatic carbocycles. The van der Waals surface area contributed by atoms with Crippen molar-refractivity contribution in [2.45, 2.75) is 46.3 Å². The van der Waals surface area contributed by atoms with Gasteiger partial charge < -0.3 is 10.6 Å². The number of anilines is 1. The Hall–Kier alpha value is -1.94. The monoisotopic (exact) mass is 282 g/mol. The molecule has 0 atom stereocenters. The lowest BCUT2D eigenvalue weighted by Crippen LogP contribution is -2.07. The third-order valence-electron chi connectivity index (χ3n) is 3.91. The van der Waals surface area contributed by atoms with Crippen molar-refractivity contribution in [2.24, 2.45) is 0 Å². The van der Waals surface area contributed by atoms with Crippen LogP contribution < -0.4 is 10.6 Å². The van der Waals surface area contributed by atoms with E-state index in [2.05, 4.69) is 58.7 Å². The maximum atomic E-state index is 4.55. The van der Waals surface area contributed by atoms with E-state index in [9.17, 15) is 0 Å². The van der Waals surface area contributed by atoms with Crippen LogP contribution in [0.1, 0.15) is 41.9 Å². The van der Waals surface area contributed by atoms with Crippen molar-refractivity contribution < 1.29 is 0 Å². The highest BCUT2D eigenvalue weighted by Crippen LogP contribution is 2.17. The molecular formula is C17H22N4. The van der Waals surface area contributed by atoms with Crippen LogP contribution in [0, 0.1) is 0 Å². The highest BCUT2D eigenvalue weighted by Gasteiger charge is 2.10. The summed E-state index contributed by atoms with van der Waals surface area (Å²) in [6.07, 6.45) is 1.88. The van der Waals surface area contributed by atoms with E-state index in [1.165, 1.54) is 16.7 Å². The molecule has 0 saturated heterocycles. The second-order valence-corrected chi connectivity index (χ2v) is 5.44. The van der Waals surface area contributed by atoms with Crippen LogP contribution in [0.15, 0.2) is 24.3 Å². The maximum Gasteiger partial charge on any atom is 0.223 e. The van der Waals surface area contributed by atoms with Crippen LogP contribution >= 0.6 is 0 Å². The number of aryl methyl sites for hydroxylation is 2. The maximum absolute atomic E-state index is 4.55. The third kappa shape index (κ3) is 3.22. The van der Waals surface area contributed by atoms with Gasteiger partial charge in [-0.25, -0.2) is 9.97 Å². The van der Waals surface area contributed by atoms with Gasteiger partial charge in [0.1, 0.15) is 0 Å². The normalized spacial score (nSPS) is 13.2. The van der Waals surface area contributed by atoms with Gasteiger partial charge in [-0.3, -0.25) is 0 Å². The molecule has 0 spiro atoms. The van der Waals surface area contributed by atoms with Gasteiger partial charge in [0, 0.05) is 31.0 Å². The van der Waals surface area contributed by atoms with Gasteiger partial charge in [-0.2, -0.15) is 0 Å². The van der Waals surface area contributed by atoms with E-state index in [1.807, 2.05) is 0 Å². The molecule has 0 aliphatic carbocycles. The highest BCUT2D eigenvalue weighted by molar-refractivity contribution is 5.37. The van der Waals surface area contributed by atoms with Crippen molar-refractivity contribution in [1.82, 2.24) is 15.3 Å². The number of fused-ring (bicyclic) bond motifs is 1. The van der Waals surface area contributed by atoms with Crippen molar-refractivity contribution in [3.63, 3.8) is 0 Å². The summed E-state index contributed by atoms with van der Waals surface area (Å²) in [5.41, 5.74) is 6.30. The summed E-state index contributed by atoms with van der Waals surface area (Å²) >= 11 is 0. The average Bonchev–Trinajstić information content (AvgIpc) is 3.00. The van der Waals surface area contributed by atoms with Crippen molar-refractivity contribution >= 4 is 5.95 Å². The van der Waals surface area contributed by atoms with Gasteiger partial charge in [0.15, 0.2) is 0 Å². The molecule has 3 rings (SSSR count). The summed E-state index contributed by atoms with van der Waals surface area (Å²) in [6.45, 7) is 6.98. The molecule has 2 heterocycles. The average molecular weight is 282 g/mol. The molecule has 110 valence electrons. The standard InChI is InChI=1S/C17H22N4/c1-3-15-8-16(4-2)21-17(20-15)19-9-12-5-6-13-10-18-11-14(13)7-12/h5-8,18H,3-4,9-11H2,1-2H3,(H,19,20,21). The van der Waals surface area contributed by atoms with Gasteiger partial charge in [-0.05, 0) is 35.6 Å². The minimum absolute atomic E-state index is 0.741. The van der Waals surface area contributed by atoms with Crippen LogP contribution in [0.5, 0.6) is 0 Å². The van der Waals surface area contributed by atoms with Crippen molar-refractivity contribution in [2.75, 3.05) is 5.32 Å². The first-order chi connectivity index (χ1) is 10.3. The van der Waals surface area contributed by atoms with E-state index in [0.717, 1.165) is 49.8 Å². The van der Waals surface area contributed by atoms with Gasteiger partial charge >= 0.3 is 0 Å². The lowest BCUT2D eigenvalue weighted by Gasteiger charge is -2.09. The minimum Gasteiger partial charge on any atom is -0.350 e. The number of aromatic nitrogens is 2. The van der Waals surface area contributed by atoms with Crippen LogP contribution in [0.2, 0.25) is 0 Å². The number of hydrogen-bond acceptors (Lipinski definition) is 4. The first kappa shape index (κ1) is 14.0. The van der Waals surface area contributed by atoms with E-state index in [4.69, 9.17) is 0 Å². The zero-order chi connectivity index (χ0) is 14.7. The number of benzene rings is 1. The van der Waals surface area contributed by atoms with Gasteiger partial charge in [0.25, 0.3) is 0 Å². The molecule has 4 nitrogen and oxygen atoms in total. The van der Waals surface area contributed by atoms with E-state index in [1.54, 1.807) is 0 Å². The molecule has 1 aliphatic rings. The Morgan fingerprint density at radius 1 is 1.00 bits per heavy atom. The zero-order valence-electron chi connectivity index (χ0n) is 12.7. The first-order valence-electron chi connectivity index (χ1n) is 7.70. The lowest BCUT2D eigenvalue weighted by molar-refractivity contribution is 0.764. The second-order valence-electron chi connectivity index (χ2n) is 5.44. The Morgan fingerprint density at radius 3 is 2.43 bits per heavy atom. The molecule has 2 N–H and O–H groups in total. The molecule has 1 aromatic heterocycles. The van der Waals surface area contributed by atoms with Crippen LogP contribution in [0.3, 0.4) is 0 Å². The van der Waals surface area contributed by atoms with Crippen LogP contribution in [0.25, 0.3) is 0 Å². The topological polar surface area (TPSA) is 49.8 Å². The largest absolute Gasteiger partial charge is 0.350 e. The van der Waals surface area contributed by atoms with Gasteiger partial charge in [-0.15, -0.1) is 0 Å². The third-order valence-corrected chi connectivity index (χ3v) is 3.91. The molecule has 0 fully saturated rings. The predicted molar refractivity (Wildman–Crippen MR) is 85.1 cm³/mol. The van der Waals surface area contributed by atoms with Gasteiger partial charge in [0.2, 0.25) is 5.95 Å². The Labute approximate surface area is 126 Å². The quantitative estimate of drug-likeness (QED) is 0.885. The van der Waals surface area contributed by atoms with E-state index in [-0.39, 0.29) is 0 Å². The fourth-order valence-corrected chi connectivity index (χ4v) is 2.63. The molecule has 4 heteroatoms. The summed E-state index contributed by atoms with van der Waals surface area (Å²) in [7, 11) is 0. The number of nitrogens with zero attached hydrogens (tertiary/aromatic N) is 2. The van der Waals surface area contributed by atoms with Crippen molar-refractivity contribution in [3.05, 3.63) is 52.3 Å². The van der Waals surface area contributed by atoms with Crippen molar-refractivity contribution in [3.8, 4) is 0 Å². The summed E-state index contributed by atoms with van der Waals surface area (Å²) in [6, 6.07) is 8.76. The second kappa shape index (κ2) is 6.22. The fourth-order valence-electron chi connectivity index (χ4n) is 2.63. The van der Waals surface area contributed by atoms with E-state index >= 15 is 0 Å². The molecule has 0 unspecified atom stereocenters. The van der Waals surface area contributed by atoms with Crippen LogP contribution in [-0.2, 0) is 32.5 Å². The van der Waals surface area contributed by atoms with Gasteiger partial charge in [0.05, 0.1) is 0 Å². The summed E-state index contributed by atoms with van der Waals surface area (Å²) in [4.78, 5) is 9.11. The molecule has 0 amide bonds. The zero-order valence-corrected chi connectivity index (χ0v) is 12.7. The number of rotatable bonds is 5. The summed E-state index contributed by atoms with van der Waals surface area (Å²) in [5, 5.41) is 6.73. The first-order valence-corrected chi connectivity index (χ1v) is 7.70. The smallest absolute Gasteiger partial charge is 0.223 e. The Bertz CT molecular complexity index is 614.